The summed E-state index contributed by atoms with van der Waals surface area (Å²) in [6, 6.07) is 15.1. The number of imidazole rings is 1. The smallest absolute Gasteiger partial charge is 0.335 e. The van der Waals surface area contributed by atoms with Gasteiger partial charge in [-0.1, -0.05) is 29.8 Å². The van der Waals surface area contributed by atoms with Gasteiger partial charge in [0.2, 0.25) is 5.60 Å². The van der Waals surface area contributed by atoms with Gasteiger partial charge in [0, 0.05) is 30.2 Å². The molecule has 0 bridgehead atoms. The van der Waals surface area contributed by atoms with E-state index in [4.69, 9.17) is 26.1 Å². The number of hydrogen-bond donors (Lipinski definition) is 2. The van der Waals surface area contributed by atoms with Crippen molar-refractivity contribution in [1.82, 2.24) is 14.5 Å². The van der Waals surface area contributed by atoms with Gasteiger partial charge in [-0.2, -0.15) is 0 Å². The predicted octanol–water partition coefficient (Wildman–Crippen LogP) is 5.98. The van der Waals surface area contributed by atoms with Gasteiger partial charge in [-0.3, -0.25) is 4.79 Å². The Balaban J connectivity index is 1.06. The summed E-state index contributed by atoms with van der Waals surface area (Å²) in [6.45, 7) is 5.56. The summed E-state index contributed by atoms with van der Waals surface area (Å²) >= 11 is 5.97. The molecule has 2 saturated heterocycles. The van der Waals surface area contributed by atoms with E-state index in [9.17, 15) is 19.1 Å². The molecular weight excluding hydrogens is 599 g/mol. The van der Waals surface area contributed by atoms with Gasteiger partial charge in [-0.05, 0) is 87.2 Å². The summed E-state index contributed by atoms with van der Waals surface area (Å²) in [5.41, 5.74) is 2.05. The summed E-state index contributed by atoms with van der Waals surface area (Å²) < 4.78 is 29.2. The van der Waals surface area contributed by atoms with E-state index in [1.807, 2.05) is 18.2 Å². The van der Waals surface area contributed by atoms with Crippen LogP contribution in [0.3, 0.4) is 0 Å². The molecule has 1 unspecified atom stereocenters. The Morgan fingerprint density at radius 1 is 1.16 bits per heavy atom. The number of anilines is 1. The van der Waals surface area contributed by atoms with E-state index in [0.29, 0.717) is 18.0 Å². The lowest BCUT2D eigenvalue weighted by molar-refractivity contribution is -0.132. The lowest BCUT2D eigenvalue weighted by Crippen LogP contribution is -2.47. The van der Waals surface area contributed by atoms with Crippen LogP contribution >= 0.6 is 11.6 Å². The van der Waals surface area contributed by atoms with E-state index in [-0.39, 0.29) is 28.2 Å². The maximum absolute atomic E-state index is 15.0. The summed E-state index contributed by atoms with van der Waals surface area (Å²) in [7, 11) is 0. The zero-order chi connectivity index (χ0) is 31.3. The van der Waals surface area contributed by atoms with Crippen molar-refractivity contribution in [2.45, 2.75) is 56.8 Å². The molecule has 2 atom stereocenters. The third kappa shape index (κ3) is 5.55. The number of rotatable bonds is 8. The first-order valence-electron chi connectivity index (χ1n) is 15.3. The number of para-hydroxylation sites is 1. The SMILES string of the molecule is CC1(c2ccc(Cl)cc2F)Oc2c(cccc2C2CCN(CCc3nc4ccc(C(=O)O)cc4n3C[C@@H]3CCO3)CC2)NC1=O. The monoisotopic (exact) mass is 632 g/mol. The Bertz CT molecular complexity index is 1800. The molecular formula is C34H34ClFN4O5. The minimum absolute atomic E-state index is 0.118. The average Bonchev–Trinajstić information content (AvgIpc) is 3.34. The first-order valence-corrected chi connectivity index (χ1v) is 15.7. The number of amides is 1. The van der Waals surface area contributed by atoms with Crippen LogP contribution in [0, 0.1) is 5.82 Å². The van der Waals surface area contributed by atoms with Crippen LogP contribution < -0.4 is 10.1 Å². The third-order valence-electron chi connectivity index (χ3n) is 9.41. The Labute approximate surface area is 264 Å². The molecule has 1 amide bonds. The van der Waals surface area contributed by atoms with Crippen LogP contribution in [-0.2, 0) is 28.1 Å². The number of carboxylic acid groups (broad SMARTS) is 1. The molecule has 2 N–H and O–H groups in total. The molecule has 3 aromatic carbocycles. The number of carboxylic acids is 1. The Morgan fingerprint density at radius 2 is 1.96 bits per heavy atom. The van der Waals surface area contributed by atoms with Gasteiger partial charge >= 0.3 is 5.97 Å². The van der Waals surface area contributed by atoms with E-state index in [0.717, 1.165) is 74.3 Å². The number of aromatic carboxylic acids is 1. The Hall–Kier alpha value is -3.99. The topological polar surface area (TPSA) is 106 Å². The largest absolute Gasteiger partial charge is 0.478 e. The van der Waals surface area contributed by atoms with Crippen molar-refractivity contribution in [3.05, 3.63) is 88.0 Å². The minimum atomic E-state index is -1.54. The van der Waals surface area contributed by atoms with E-state index in [2.05, 4.69) is 14.8 Å². The fourth-order valence-electron chi connectivity index (χ4n) is 6.69. The van der Waals surface area contributed by atoms with Crippen LogP contribution in [0.1, 0.15) is 59.4 Å². The van der Waals surface area contributed by atoms with E-state index < -0.39 is 23.3 Å². The molecule has 9 nitrogen and oxygen atoms in total. The summed E-state index contributed by atoms with van der Waals surface area (Å²) in [6.07, 6.45) is 3.62. The predicted molar refractivity (Wildman–Crippen MR) is 168 cm³/mol. The fraction of sp³-hybridized carbons (Fsp3) is 0.382. The highest BCUT2D eigenvalue weighted by atomic mass is 35.5. The van der Waals surface area contributed by atoms with Crippen molar-refractivity contribution in [3.8, 4) is 5.75 Å². The second-order valence-electron chi connectivity index (χ2n) is 12.2. The minimum Gasteiger partial charge on any atom is -0.478 e. The number of nitrogens with one attached hydrogen (secondary N) is 1. The van der Waals surface area contributed by atoms with Gasteiger partial charge in [0.25, 0.3) is 5.91 Å². The molecule has 0 aliphatic carbocycles. The molecule has 3 aliphatic heterocycles. The van der Waals surface area contributed by atoms with Crippen LogP contribution in [-0.4, -0.2) is 63.8 Å². The van der Waals surface area contributed by atoms with Gasteiger partial charge in [0.15, 0.2) is 0 Å². The highest BCUT2D eigenvalue weighted by molar-refractivity contribution is 6.30. The normalized spacial score (nSPS) is 22.0. The molecule has 0 radical (unpaired) electrons. The molecule has 234 valence electrons. The lowest BCUT2D eigenvalue weighted by atomic mass is 9.86. The first-order chi connectivity index (χ1) is 21.7. The molecule has 4 heterocycles. The molecule has 11 heteroatoms. The Morgan fingerprint density at radius 3 is 2.67 bits per heavy atom. The summed E-state index contributed by atoms with van der Waals surface area (Å²) in [5, 5.41) is 12.7. The second kappa shape index (κ2) is 11.7. The molecule has 0 spiro atoms. The molecule has 7 rings (SSSR count). The quantitative estimate of drug-likeness (QED) is 0.246. The van der Waals surface area contributed by atoms with Crippen LogP contribution in [0.15, 0.2) is 54.6 Å². The summed E-state index contributed by atoms with van der Waals surface area (Å²) in [4.78, 5) is 32.1. The van der Waals surface area contributed by atoms with E-state index in [1.54, 1.807) is 31.2 Å². The molecule has 3 aliphatic rings. The Kier molecular flexibility index (Phi) is 7.75. The number of fused-ring (bicyclic) bond motifs is 2. The number of piperidine rings is 1. The van der Waals surface area contributed by atoms with Crippen molar-refractivity contribution < 1.29 is 28.6 Å². The highest BCUT2D eigenvalue weighted by Crippen LogP contribution is 2.46. The van der Waals surface area contributed by atoms with Crippen molar-refractivity contribution in [2.75, 3.05) is 31.6 Å². The summed E-state index contributed by atoms with van der Waals surface area (Å²) in [5.74, 6) is -0.258. The maximum Gasteiger partial charge on any atom is 0.335 e. The van der Waals surface area contributed by atoms with Gasteiger partial charge in [0.05, 0.1) is 34.9 Å². The van der Waals surface area contributed by atoms with Gasteiger partial charge in [-0.25, -0.2) is 14.2 Å². The third-order valence-corrected chi connectivity index (χ3v) is 9.65. The van der Waals surface area contributed by atoms with Gasteiger partial charge in [0.1, 0.15) is 17.4 Å². The number of benzene rings is 3. The zero-order valence-corrected chi connectivity index (χ0v) is 25.6. The lowest BCUT2D eigenvalue weighted by Gasteiger charge is -2.38. The second-order valence-corrected chi connectivity index (χ2v) is 12.7. The van der Waals surface area contributed by atoms with Crippen molar-refractivity contribution in [1.29, 1.82) is 0 Å². The number of carbonyl (C=O) groups is 2. The van der Waals surface area contributed by atoms with Crippen LogP contribution in [0.5, 0.6) is 5.75 Å². The molecule has 4 aromatic rings. The zero-order valence-electron chi connectivity index (χ0n) is 24.9. The van der Waals surface area contributed by atoms with Crippen molar-refractivity contribution in [2.24, 2.45) is 0 Å². The van der Waals surface area contributed by atoms with Crippen LogP contribution in [0.2, 0.25) is 5.02 Å². The molecule has 45 heavy (non-hydrogen) atoms. The standard InChI is InChI=1S/C34H34ClFN4O5/c1-34(25-7-6-22(35)18-26(25)36)33(43)38-28-4-2-3-24(31(28)45-34)20-9-13-39(14-10-20)15-11-30-37-27-8-5-21(32(41)42)17-29(27)40(30)19-23-12-16-44-23/h2-8,17-18,20,23H,9-16,19H2,1H3,(H,38,43)(H,41,42)/t23-,34?/m0/s1. The number of hydrogen-bond acceptors (Lipinski definition) is 6. The average molecular weight is 633 g/mol. The fourth-order valence-corrected chi connectivity index (χ4v) is 6.85. The van der Waals surface area contributed by atoms with E-state index in [1.165, 1.54) is 12.1 Å². The molecule has 0 saturated carbocycles. The van der Waals surface area contributed by atoms with Gasteiger partial charge < -0.3 is 29.4 Å². The maximum atomic E-state index is 15.0. The number of likely N-dealkylation sites (tertiary alicyclic amines) is 1. The highest BCUT2D eigenvalue weighted by Gasteiger charge is 2.45. The van der Waals surface area contributed by atoms with Crippen LogP contribution in [0.25, 0.3) is 11.0 Å². The number of nitrogens with zero attached hydrogens (tertiary/aromatic N) is 3. The van der Waals surface area contributed by atoms with Gasteiger partial charge in [-0.15, -0.1) is 0 Å². The molecule has 1 aromatic heterocycles. The molecule has 2 fully saturated rings. The van der Waals surface area contributed by atoms with Crippen molar-refractivity contribution >= 4 is 40.2 Å². The number of aromatic nitrogens is 2. The van der Waals surface area contributed by atoms with Crippen molar-refractivity contribution in [3.63, 3.8) is 0 Å². The number of ether oxygens (including phenoxy) is 2. The number of halogens is 2. The first kappa shape index (κ1) is 29.7. The number of carbonyl (C=O) groups excluding carboxylic acids is 1. The van der Waals surface area contributed by atoms with E-state index >= 15 is 0 Å². The van der Waals surface area contributed by atoms with Crippen LogP contribution in [0.4, 0.5) is 10.1 Å².